The van der Waals surface area contributed by atoms with Crippen LogP contribution in [0.1, 0.15) is 40.5 Å². The van der Waals surface area contributed by atoms with Gasteiger partial charge in [-0.25, -0.2) is 0 Å². The van der Waals surface area contributed by atoms with Gasteiger partial charge in [0.05, 0.1) is 6.61 Å². The summed E-state index contributed by atoms with van der Waals surface area (Å²) >= 11 is 0. The van der Waals surface area contributed by atoms with Gasteiger partial charge in [-0.05, 0) is 26.3 Å². The summed E-state index contributed by atoms with van der Waals surface area (Å²) in [6, 6.07) is 0.684. The lowest BCUT2D eigenvalue weighted by Crippen LogP contribution is -2.52. The predicted molar refractivity (Wildman–Crippen MR) is 61.3 cm³/mol. The molecular weight excluding hydrogens is 176 g/mol. The summed E-state index contributed by atoms with van der Waals surface area (Å²) in [7, 11) is 0. The molecule has 0 aromatic carbocycles. The van der Waals surface area contributed by atoms with E-state index in [0.717, 1.165) is 19.4 Å². The minimum absolute atomic E-state index is 0.0777. The van der Waals surface area contributed by atoms with Crippen LogP contribution in [-0.2, 0) is 0 Å². The van der Waals surface area contributed by atoms with Crippen LogP contribution in [0, 0.1) is 0 Å². The van der Waals surface area contributed by atoms with Gasteiger partial charge in [-0.2, -0.15) is 0 Å². The SMILES string of the molecule is CCC(N)C(CO)N(CC)C(C)CC. The fraction of sp³-hybridized carbons (Fsp3) is 1.00. The van der Waals surface area contributed by atoms with Crippen molar-refractivity contribution in [3.63, 3.8) is 0 Å². The number of rotatable bonds is 7. The highest BCUT2D eigenvalue weighted by Crippen LogP contribution is 2.12. The molecular formula is C11H26N2O. The minimum atomic E-state index is 0.0777. The summed E-state index contributed by atoms with van der Waals surface area (Å²) in [6.07, 6.45) is 2.01. The quantitative estimate of drug-likeness (QED) is 0.652. The minimum Gasteiger partial charge on any atom is -0.395 e. The second-order valence-corrected chi connectivity index (χ2v) is 3.91. The van der Waals surface area contributed by atoms with E-state index in [1.807, 2.05) is 0 Å². The number of likely N-dealkylation sites (N-methyl/N-ethyl adjacent to an activating group) is 1. The Bertz CT molecular complexity index is 125. The van der Waals surface area contributed by atoms with Crippen molar-refractivity contribution in [1.29, 1.82) is 0 Å². The van der Waals surface area contributed by atoms with Gasteiger partial charge in [0.1, 0.15) is 0 Å². The van der Waals surface area contributed by atoms with Crippen LogP contribution < -0.4 is 5.73 Å². The van der Waals surface area contributed by atoms with E-state index in [0.29, 0.717) is 6.04 Å². The van der Waals surface area contributed by atoms with Crippen molar-refractivity contribution in [2.75, 3.05) is 13.2 Å². The summed E-state index contributed by atoms with van der Waals surface area (Å²) in [4.78, 5) is 2.30. The first-order chi connectivity index (χ1) is 6.62. The van der Waals surface area contributed by atoms with Crippen LogP contribution in [-0.4, -0.2) is 41.3 Å². The summed E-state index contributed by atoms with van der Waals surface area (Å²) in [5.41, 5.74) is 6.00. The van der Waals surface area contributed by atoms with E-state index in [2.05, 4.69) is 32.6 Å². The zero-order valence-electron chi connectivity index (χ0n) is 10.0. The number of hydrogen-bond acceptors (Lipinski definition) is 3. The fourth-order valence-corrected chi connectivity index (χ4v) is 1.87. The Labute approximate surface area is 88.3 Å². The second-order valence-electron chi connectivity index (χ2n) is 3.91. The summed E-state index contributed by atoms with van der Waals surface area (Å²) in [5.74, 6) is 0. The van der Waals surface area contributed by atoms with Crippen molar-refractivity contribution in [3.05, 3.63) is 0 Å². The van der Waals surface area contributed by atoms with Gasteiger partial charge in [0.25, 0.3) is 0 Å². The van der Waals surface area contributed by atoms with Crippen molar-refractivity contribution in [2.24, 2.45) is 5.73 Å². The topological polar surface area (TPSA) is 49.5 Å². The Morgan fingerprint density at radius 2 is 1.79 bits per heavy atom. The molecule has 0 heterocycles. The molecule has 0 aromatic heterocycles. The van der Waals surface area contributed by atoms with Crippen molar-refractivity contribution < 1.29 is 5.11 Å². The fourth-order valence-electron chi connectivity index (χ4n) is 1.87. The van der Waals surface area contributed by atoms with Crippen molar-refractivity contribution in [1.82, 2.24) is 4.90 Å². The van der Waals surface area contributed by atoms with Crippen LogP contribution in [0.3, 0.4) is 0 Å². The van der Waals surface area contributed by atoms with Crippen LogP contribution in [0.15, 0.2) is 0 Å². The molecule has 3 unspecified atom stereocenters. The Balaban J connectivity index is 4.43. The first-order valence-corrected chi connectivity index (χ1v) is 5.74. The average Bonchev–Trinajstić information content (AvgIpc) is 2.23. The van der Waals surface area contributed by atoms with Crippen LogP contribution in [0.25, 0.3) is 0 Å². The van der Waals surface area contributed by atoms with E-state index in [-0.39, 0.29) is 18.7 Å². The molecule has 0 amide bonds. The molecule has 0 radical (unpaired) electrons. The lowest BCUT2D eigenvalue weighted by atomic mass is 10.0. The van der Waals surface area contributed by atoms with E-state index >= 15 is 0 Å². The zero-order chi connectivity index (χ0) is 11.1. The molecule has 3 N–H and O–H groups in total. The molecule has 0 saturated heterocycles. The number of aliphatic hydroxyl groups excluding tert-OH is 1. The summed E-state index contributed by atoms with van der Waals surface area (Å²) < 4.78 is 0. The van der Waals surface area contributed by atoms with Crippen LogP contribution >= 0.6 is 0 Å². The second kappa shape index (κ2) is 7.21. The van der Waals surface area contributed by atoms with E-state index in [9.17, 15) is 5.11 Å². The van der Waals surface area contributed by atoms with Crippen molar-refractivity contribution in [3.8, 4) is 0 Å². The van der Waals surface area contributed by atoms with Gasteiger partial charge in [-0.15, -0.1) is 0 Å². The molecule has 0 fully saturated rings. The molecule has 0 bridgehead atoms. The lowest BCUT2D eigenvalue weighted by molar-refractivity contribution is 0.0747. The molecule has 14 heavy (non-hydrogen) atoms. The van der Waals surface area contributed by atoms with Gasteiger partial charge in [0.2, 0.25) is 0 Å². The third-order valence-electron chi connectivity index (χ3n) is 3.10. The molecule has 3 nitrogen and oxygen atoms in total. The first kappa shape index (κ1) is 13.9. The van der Waals surface area contributed by atoms with Crippen LogP contribution in [0.5, 0.6) is 0 Å². The highest BCUT2D eigenvalue weighted by molar-refractivity contribution is 4.83. The van der Waals surface area contributed by atoms with E-state index in [1.165, 1.54) is 0 Å². The molecule has 86 valence electrons. The predicted octanol–water partition coefficient (Wildman–Crippen LogP) is 1.20. The normalized spacial score (nSPS) is 18.2. The monoisotopic (exact) mass is 202 g/mol. The molecule has 0 aliphatic heterocycles. The maximum Gasteiger partial charge on any atom is 0.0602 e. The summed E-state index contributed by atoms with van der Waals surface area (Å²) in [6.45, 7) is 9.66. The zero-order valence-corrected chi connectivity index (χ0v) is 10.0. The first-order valence-electron chi connectivity index (χ1n) is 5.74. The number of nitrogens with two attached hydrogens (primary N) is 1. The third-order valence-corrected chi connectivity index (χ3v) is 3.10. The van der Waals surface area contributed by atoms with Gasteiger partial charge < -0.3 is 10.8 Å². The van der Waals surface area contributed by atoms with Gasteiger partial charge in [0.15, 0.2) is 0 Å². The number of aliphatic hydroxyl groups is 1. The molecule has 0 rings (SSSR count). The summed E-state index contributed by atoms with van der Waals surface area (Å²) in [5, 5.41) is 9.35. The van der Waals surface area contributed by atoms with E-state index in [1.54, 1.807) is 0 Å². The maximum atomic E-state index is 9.35. The molecule has 0 aromatic rings. The molecule has 0 aliphatic carbocycles. The van der Waals surface area contributed by atoms with Crippen LogP contribution in [0.4, 0.5) is 0 Å². The van der Waals surface area contributed by atoms with Gasteiger partial charge in [0, 0.05) is 18.1 Å². The Morgan fingerprint density at radius 1 is 1.21 bits per heavy atom. The molecule has 3 heteroatoms. The van der Waals surface area contributed by atoms with E-state index in [4.69, 9.17) is 5.73 Å². The standard InChI is InChI=1S/C11H26N2O/c1-5-9(4)13(7-3)11(8-14)10(12)6-2/h9-11,14H,5-8,12H2,1-4H3. The highest BCUT2D eigenvalue weighted by Gasteiger charge is 2.24. The van der Waals surface area contributed by atoms with Crippen molar-refractivity contribution in [2.45, 2.75) is 58.7 Å². The highest BCUT2D eigenvalue weighted by atomic mass is 16.3. The van der Waals surface area contributed by atoms with Gasteiger partial charge in [-0.3, -0.25) is 4.90 Å². The number of hydrogen-bond donors (Lipinski definition) is 2. The molecule has 0 aliphatic rings. The molecule has 3 atom stereocenters. The Morgan fingerprint density at radius 3 is 2.07 bits per heavy atom. The largest absolute Gasteiger partial charge is 0.395 e. The molecule has 0 saturated carbocycles. The smallest absolute Gasteiger partial charge is 0.0602 e. The van der Waals surface area contributed by atoms with Crippen LogP contribution in [0.2, 0.25) is 0 Å². The Kier molecular flexibility index (Phi) is 7.15. The third kappa shape index (κ3) is 3.56. The Hall–Kier alpha value is -0.120. The van der Waals surface area contributed by atoms with E-state index < -0.39 is 0 Å². The van der Waals surface area contributed by atoms with Gasteiger partial charge in [-0.1, -0.05) is 20.8 Å². The maximum absolute atomic E-state index is 9.35. The molecule has 0 spiro atoms. The lowest BCUT2D eigenvalue weighted by Gasteiger charge is -2.37. The van der Waals surface area contributed by atoms with Gasteiger partial charge >= 0.3 is 0 Å². The average molecular weight is 202 g/mol. The van der Waals surface area contributed by atoms with Crippen molar-refractivity contribution >= 4 is 0 Å². The number of nitrogens with zero attached hydrogens (tertiary/aromatic N) is 1.